The number of rotatable bonds is 7. The molecule has 0 radical (unpaired) electrons. The molecule has 1 fully saturated rings. The highest BCUT2D eigenvalue weighted by molar-refractivity contribution is 7.80. The summed E-state index contributed by atoms with van der Waals surface area (Å²) in [7, 11) is 0. The Morgan fingerprint density at radius 1 is 1.31 bits per heavy atom. The molecule has 1 amide bonds. The molecule has 0 unspecified atom stereocenters. The number of amides is 1. The third kappa shape index (κ3) is 4.60. The maximum absolute atomic E-state index is 13.3. The van der Waals surface area contributed by atoms with E-state index < -0.39 is 28.7 Å². The summed E-state index contributed by atoms with van der Waals surface area (Å²) in [6, 6.07) is 4.63. The topological polar surface area (TPSA) is 96.1 Å². The Balaban J connectivity index is 2.26. The number of nitrogens with zero attached hydrogens (tertiary/aromatic N) is 6. The van der Waals surface area contributed by atoms with E-state index >= 15 is 0 Å². The van der Waals surface area contributed by atoms with E-state index in [1.165, 1.54) is 12.1 Å². The van der Waals surface area contributed by atoms with Crippen LogP contribution in [0.25, 0.3) is 10.4 Å². The van der Waals surface area contributed by atoms with Crippen LogP contribution < -0.4 is 4.90 Å². The van der Waals surface area contributed by atoms with Crippen molar-refractivity contribution >= 4 is 28.9 Å². The van der Waals surface area contributed by atoms with Crippen LogP contribution in [0.1, 0.15) is 44.2 Å². The fourth-order valence-corrected chi connectivity index (χ4v) is 3.62. The van der Waals surface area contributed by atoms with Gasteiger partial charge in [-0.15, -0.1) is 0 Å². The SMILES string of the molecule is CC1(C)C(=O)N(c2ccc(C#N)c(C(F)(F)F)c2)C(=S)N1CCCCCN=[N+]=[N-]. The molecular formula is C18H19F3N6OS. The highest BCUT2D eigenvalue weighted by Crippen LogP contribution is 2.37. The normalized spacial score (nSPS) is 16.0. The number of anilines is 1. The third-order valence-corrected chi connectivity index (χ3v) is 5.12. The van der Waals surface area contributed by atoms with Crippen LogP contribution in [0.15, 0.2) is 23.3 Å². The van der Waals surface area contributed by atoms with Gasteiger partial charge in [-0.3, -0.25) is 9.69 Å². The predicted molar refractivity (Wildman–Crippen MR) is 105 cm³/mol. The summed E-state index contributed by atoms with van der Waals surface area (Å²) in [5.74, 6) is -0.436. The van der Waals surface area contributed by atoms with Crippen LogP contribution in [0.3, 0.4) is 0 Å². The summed E-state index contributed by atoms with van der Waals surface area (Å²) in [6.07, 6.45) is -2.62. The van der Waals surface area contributed by atoms with Crippen LogP contribution in [-0.4, -0.2) is 34.5 Å². The minimum Gasteiger partial charge on any atom is -0.334 e. The van der Waals surface area contributed by atoms with Gasteiger partial charge in [0.2, 0.25) is 0 Å². The number of nitriles is 1. The Labute approximate surface area is 171 Å². The second-order valence-electron chi connectivity index (χ2n) is 6.99. The van der Waals surface area contributed by atoms with E-state index in [2.05, 4.69) is 10.0 Å². The first-order chi connectivity index (χ1) is 13.6. The minimum absolute atomic E-state index is 0.0229. The van der Waals surface area contributed by atoms with E-state index in [4.69, 9.17) is 23.0 Å². The Kier molecular flexibility index (Phi) is 6.72. The zero-order valence-electron chi connectivity index (χ0n) is 15.9. The maximum atomic E-state index is 13.3. The molecule has 1 aromatic carbocycles. The lowest BCUT2D eigenvalue weighted by molar-refractivity contribution is -0.137. The molecule has 29 heavy (non-hydrogen) atoms. The average Bonchev–Trinajstić information content (AvgIpc) is 2.82. The molecule has 0 atom stereocenters. The predicted octanol–water partition coefficient (Wildman–Crippen LogP) is 4.77. The lowest BCUT2D eigenvalue weighted by Crippen LogP contribution is -2.44. The molecule has 7 nitrogen and oxygen atoms in total. The molecule has 1 aliphatic rings. The first-order valence-corrected chi connectivity index (χ1v) is 9.25. The largest absolute Gasteiger partial charge is 0.417 e. The molecule has 0 spiro atoms. The van der Waals surface area contributed by atoms with Crippen molar-refractivity contribution in [3.8, 4) is 6.07 Å². The standard InChI is InChI=1S/C18H19F3N6OS/c1-17(2)15(28)27(16(29)26(17)9-5-3-4-8-24-25-23)13-7-6-12(11-22)14(10-13)18(19,20)21/h6-7,10H,3-5,8-9H2,1-2H3. The molecule has 0 aliphatic carbocycles. The first-order valence-electron chi connectivity index (χ1n) is 8.84. The summed E-state index contributed by atoms with van der Waals surface area (Å²) in [4.78, 5) is 18.4. The van der Waals surface area contributed by atoms with Crippen LogP contribution in [0.4, 0.5) is 18.9 Å². The van der Waals surface area contributed by atoms with E-state index in [-0.39, 0.29) is 10.8 Å². The second-order valence-corrected chi connectivity index (χ2v) is 7.35. The Hall–Kier alpha value is -2.83. The number of hydrogen-bond donors (Lipinski definition) is 0. The lowest BCUT2D eigenvalue weighted by atomic mass is 10.0. The number of thiocarbonyl (C=S) groups is 1. The van der Waals surface area contributed by atoms with Crippen molar-refractivity contribution in [3.63, 3.8) is 0 Å². The number of halogens is 3. The van der Waals surface area contributed by atoms with Crippen LogP contribution in [-0.2, 0) is 11.0 Å². The van der Waals surface area contributed by atoms with E-state index in [9.17, 15) is 18.0 Å². The number of unbranched alkanes of at least 4 members (excludes halogenated alkanes) is 2. The van der Waals surface area contributed by atoms with Crippen LogP contribution >= 0.6 is 12.2 Å². The van der Waals surface area contributed by atoms with Crippen molar-refractivity contribution in [1.82, 2.24) is 4.90 Å². The molecule has 1 aliphatic heterocycles. The number of benzene rings is 1. The van der Waals surface area contributed by atoms with E-state index in [0.29, 0.717) is 25.9 Å². The van der Waals surface area contributed by atoms with Gasteiger partial charge >= 0.3 is 6.18 Å². The van der Waals surface area contributed by atoms with Crippen molar-refractivity contribution in [2.75, 3.05) is 18.0 Å². The summed E-state index contributed by atoms with van der Waals surface area (Å²) in [5.41, 5.74) is 5.60. The van der Waals surface area contributed by atoms with Gasteiger partial charge in [0.25, 0.3) is 5.91 Å². The van der Waals surface area contributed by atoms with Gasteiger partial charge in [-0.1, -0.05) is 11.5 Å². The molecule has 2 rings (SSSR count). The number of azide groups is 1. The fraction of sp³-hybridized carbons (Fsp3) is 0.500. The molecule has 154 valence electrons. The van der Waals surface area contributed by atoms with Gasteiger partial charge in [0.1, 0.15) is 5.54 Å². The zero-order valence-corrected chi connectivity index (χ0v) is 16.7. The summed E-state index contributed by atoms with van der Waals surface area (Å²) in [5, 5.41) is 12.5. The quantitative estimate of drug-likeness (QED) is 0.207. The molecule has 0 aromatic heterocycles. The second kappa shape index (κ2) is 8.68. The first kappa shape index (κ1) is 22.5. The molecule has 1 heterocycles. The fourth-order valence-electron chi connectivity index (χ4n) is 3.12. The van der Waals surface area contributed by atoms with Crippen LogP contribution in [0.2, 0.25) is 0 Å². The number of carbonyl (C=O) groups excluding carboxylic acids is 1. The van der Waals surface area contributed by atoms with Gasteiger partial charge in [-0.25, -0.2) is 0 Å². The molecule has 1 aromatic rings. The van der Waals surface area contributed by atoms with E-state index in [1.54, 1.807) is 18.7 Å². The minimum atomic E-state index is -4.73. The number of alkyl halides is 3. The lowest BCUT2D eigenvalue weighted by Gasteiger charge is -2.29. The molecule has 0 N–H and O–H groups in total. The number of hydrogen-bond acceptors (Lipinski definition) is 4. The van der Waals surface area contributed by atoms with Crippen molar-refractivity contribution in [2.24, 2.45) is 5.11 Å². The molecular weight excluding hydrogens is 405 g/mol. The Morgan fingerprint density at radius 3 is 2.59 bits per heavy atom. The van der Waals surface area contributed by atoms with Gasteiger partial charge in [0.15, 0.2) is 5.11 Å². The third-order valence-electron chi connectivity index (χ3n) is 4.71. The van der Waals surface area contributed by atoms with Crippen molar-refractivity contribution < 1.29 is 18.0 Å². The van der Waals surface area contributed by atoms with Gasteiger partial charge < -0.3 is 4.90 Å². The summed E-state index contributed by atoms with van der Waals surface area (Å²) in [6.45, 7) is 4.14. The Morgan fingerprint density at radius 2 is 2.00 bits per heavy atom. The smallest absolute Gasteiger partial charge is 0.334 e. The Bertz CT molecular complexity index is 902. The van der Waals surface area contributed by atoms with Crippen LogP contribution in [0.5, 0.6) is 0 Å². The van der Waals surface area contributed by atoms with Gasteiger partial charge in [-0.05, 0) is 62.6 Å². The highest BCUT2D eigenvalue weighted by atomic mass is 32.1. The monoisotopic (exact) mass is 424 g/mol. The van der Waals surface area contributed by atoms with Gasteiger partial charge in [0, 0.05) is 18.0 Å². The van der Waals surface area contributed by atoms with Gasteiger partial charge in [-0.2, -0.15) is 18.4 Å². The molecule has 1 saturated heterocycles. The number of carbonyl (C=O) groups is 1. The van der Waals surface area contributed by atoms with Crippen molar-refractivity contribution in [2.45, 2.75) is 44.8 Å². The average molecular weight is 424 g/mol. The van der Waals surface area contributed by atoms with E-state index in [0.717, 1.165) is 23.5 Å². The van der Waals surface area contributed by atoms with E-state index in [1.807, 2.05) is 0 Å². The van der Waals surface area contributed by atoms with Gasteiger partial charge in [0.05, 0.1) is 22.9 Å². The van der Waals surface area contributed by atoms with Crippen molar-refractivity contribution in [3.05, 3.63) is 39.8 Å². The highest BCUT2D eigenvalue weighted by Gasteiger charge is 2.49. The van der Waals surface area contributed by atoms with Crippen molar-refractivity contribution in [1.29, 1.82) is 5.26 Å². The van der Waals surface area contributed by atoms with Crippen LogP contribution in [0, 0.1) is 11.3 Å². The summed E-state index contributed by atoms with van der Waals surface area (Å²) < 4.78 is 39.9. The molecule has 0 bridgehead atoms. The zero-order chi connectivity index (χ0) is 21.8. The summed E-state index contributed by atoms with van der Waals surface area (Å²) >= 11 is 5.41. The molecule has 11 heteroatoms. The molecule has 0 saturated carbocycles. The maximum Gasteiger partial charge on any atom is 0.417 e.